The third kappa shape index (κ3) is 4.41. The van der Waals surface area contributed by atoms with E-state index in [1.165, 1.54) is 13.3 Å². The molecule has 1 amide bonds. The van der Waals surface area contributed by atoms with Gasteiger partial charge in [-0.3, -0.25) is 5.32 Å². The van der Waals surface area contributed by atoms with Gasteiger partial charge in [-0.2, -0.15) is 13.2 Å². The minimum Gasteiger partial charge on any atom is -0.453 e. The van der Waals surface area contributed by atoms with Crippen molar-refractivity contribution < 1.29 is 22.7 Å². The third-order valence-electron chi connectivity index (χ3n) is 5.20. The molecule has 0 aliphatic carbocycles. The molecule has 0 bridgehead atoms. The molecular weight excluding hydrogens is 413 g/mol. The lowest BCUT2D eigenvalue weighted by atomic mass is 10.1. The molecule has 31 heavy (non-hydrogen) atoms. The smallest absolute Gasteiger partial charge is 0.419 e. The maximum absolute atomic E-state index is 13.7. The van der Waals surface area contributed by atoms with Gasteiger partial charge in [0.05, 0.1) is 24.0 Å². The van der Waals surface area contributed by atoms with Gasteiger partial charge < -0.3 is 20.4 Å². The number of nitrogens with zero attached hydrogens (tertiary/aromatic N) is 2. The summed E-state index contributed by atoms with van der Waals surface area (Å²) >= 11 is 0. The lowest BCUT2D eigenvalue weighted by Gasteiger charge is -2.14. The molecule has 3 heterocycles. The Morgan fingerprint density at radius 1 is 1.35 bits per heavy atom. The number of alkyl halides is 3. The number of aromatic nitrogens is 3. The zero-order valence-electron chi connectivity index (χ0n) is 16.6. The minimum absolute atomic E-state index is 0.132. The molecule has 4 N–H and O–H groups in total. The van der Waals surface area contributed by atoms with Gasteiger partial charge in [-0.25, -0.2) is 14.8 Å². The molecule has 1 aliphatic rings. The quantitative estimate of drug-likeness (QED) is 0.487. The summed E-state index contributed by atoms with van der Waals surface area (Å²) in [7, 11) is 1.22. The van der Waals surface area contributed by atoms with Crippen molar-refractivity contribution in [3.8, 4) is 11.3 Å². The second-order valence-corrected chi connectivity index (χ2v) is 7.24. The van der Waals surface area contributed by atoms with Crippen LogP contribution in [0.4, 0.5) is 29.6 Å². The van der Waals surface area contributed by atoms with Gasteiger partial charge in [-0.1, -0.05) is 12.1 Å². The first-order valence-electron chi connectivity index (χ1n) is 9.71. The molecular formula is C20H21F3N6O2. The van der Waals surface area contributed by atoms with Gasteiger partial charge in [0.1, 0.15) is 5.56 Å². The van der Waals surface area contributed by atoms with Crippen molar-refractivity contribution in [2.75, 3.05) is 37.4 Å². The van der Waals surface area contributed by atoms with E-state index in [0.717, 1.165) is 25.7 Å². The highest BCUT2D eigenvalue weighted by Crippen LogP contribution is 2.39. The molecule has 3 aromatic rings. The third-order valence-corrected chi connectivity index (χ3v) is 5.20. The topological polar surface area (TPSA) is 104 Å². The summed E-state index contributed by atoms with van der Waals surface area (Å²) < 4.78 is 45.7. The number of nitrogens with one attached hydrogen (secondary N) is 4. The number of H-pyrrole nitrogens is 1. The van der Waals surface area contributed by atoms with E-state index in [4.69, 9.17) is 0 Å². The van der Waals surface area contributed by atoms with E-state index in [1.807, 2.05) is 0 Å². The average Bonchev–Trinajstić information content (AvgIpc) is 3.41. The number of rotatable bonds is 5. The molecule has 164 valence electrons. The fourth-order valence-corrected chi connectivity index (χ4v) is 3.62. The van der Waals surface area contributed by atoms with Crippen LogP contribution in [0.15, 0.2) is 30.6 Å². The van der Waals surface area contributed by atoms with Gasteiger partial charge >= 0.3 is 12.3 Å². The fraction of sp³-hybridized carbons (Fsp3) is 0.350. The molecule has 1 saturated heterocycles. The maximum atomic E-state index is 13.7. The number of hydrogen-bond donors (Lipinski definition) is 4. The van der Waals surface area contributed by atoms with Gasteiger partial charge in [0.2, 0.25) is 5.95 Å². The van der Waals surface area contributed by atoms with Gasteiger partial charge in [0, 0.05) is 29.9 Å². The molecule has 8 nitrogen and oxygen atoms in total. The number of para-hydroxylation sites is 1. The first-order valence-corrected chi connectivity index (χ1v) is 9.71. The Hall–Kier alpha value is -3.34. The van der Waals surface area contributed by atoms with Crippen LogP contribution in [0.3, 0.4) is 0 Å². The molecule has 11 heteroatoms. The number of benzene rings is 1. The van der Waals surface area contributed by atoms with E-state index in [0.29, 0.717) is 29.1 Å². The van der Waals surface area contributed by atoms with Crippen molar-refractivity contribution in [3.63, 3.8) is 0 Å². The number of methoxy groups -OCH3 is 1. The predicted octanol–water partition coefficient (Wildman–Crippen LogP) is 3.84. The number of ether oxygens (including phenoxy) is 1. The van der Waals surface area contributed by atoms with Gasteiger partial charge in [-0.05, 0) is 31.5 Å². The number of anilines is 2. The van der Waals surface area contributed by atoms with Gasteiger partial charge in [-0.15, -0.1) is 0 Å². The summed E-state index contributed by atoms with van der Waals surface area (Å²) in [4.78, 5) is 22.6. The van der Waals surface area contributed by atoms with Crippen molar-refractivity contribution in [1.82, 2.24) is 20.3 Å². The normalized spacial score (nSPS) is 16.5. The number of hydrogen-bond acceptors (Lipinski definition) is 6. The Labute approximate surface area is 175 Å². The van der Waals surface area contributed by atoms with Crippen LogP contribution in [0.2, 0.25) is 0 Å². The Balaban J connectivity index is 1.74. The van der Waals surface area contributed by atoms with Gasteiger partial charge in [0.15, 0.2) is 0 Å². The number of fused-ring (bicyclic) bond motifs is 1. The van der Waals surface area contributed by atoms with Gasteiger partial charge in [0.25, 0.3) is 0 Å². The lowest BCUT2D eigenvalue weighted by molar-refractivity contribution is -0.137. The van der Waals surface area contributed by atoms with Crippen molar-refractivity contribution in [1.29, 1.82) is 0 Å². The van der Waals surface area contributed by atoms with Crippen LogP contribution in [-0.2, 0) is 10.9 Å². The molecule has 2 aromatic heterocycles. The van der Waals surface area contributed by atoms with Crippen molar-refractivity contribution in [3.05, 3.63) is 36.2 Å². The fourth-order valence-electron chi connectivity index (χ4n) is 3.62. The first-order chi connectivity index (χ1) is 14.9. The average molecular weight is 434 g/mol. The van der Waals surface area contributed by atoms with E-state index in [9.17, 15) is 18.0 Å². The zero-order chi connectivity index (χ0) is 22.0. The van der Waals surface area contributed by atoms with Crippen LogP contribution < -0.4 is 16.0 Å². The summed E-state index contributed by atoms with van der Waals surface area (Å²) in [6, 6.07) is 4.90. The maximum Gasteiger partial charge on any atom is 0.419 e. The second kappa shape index (κ2) is 8.42. The summed E-state index contributed by atoms with van der Waals surface area (Å²) in [6.45, 7) is 2.33. The van der Waals surface area contributed by atoms with E-state index in [1.54, 1.807) is 18.2 Å². The van der Waals surface area contributed by atoms with Crippen molar-refractivity contribution >= 4 is 28.6 Å². The second-order valence-electron chi connectivity index (χ2n) is 7.24. The number of carbonyl (C=O) groups is 1. The van der Waals surface area contributed by atoms with Crippen LogP contribution in [0.5, 0.6) is 0 Å². The highest BCUT2D eigenvalue weighted by molar-refractivity contribution is 6.04. The number of aromatic amines is 1. The zero-order valence-corrected chi connectivity index (χ0v) is 16.6. The molecule has 1 aliphatic heterocycles. The molecule has 1 atom stereocenters. The van der Waals surface area contributed by atoms with E-state index >= 15 is 0 Å². The van der Waals surface area contributed by atoms with Crippen LogP contribution in [-0.4, -0.2) is 47.8 Å². The van der Waals surface area contributed by atoms with Crippen LogP contribution >= 0.6 is 0 Å². The molecule has 1 fully saturated rings. The predicted molar refractivity (Wildman–Crippen MR) is 110 cm³/mol. The molecule has 4 rings (SSSR count). The molecule has 0 spiro atoms. The van der Waals surface area contributed by atoms with Crippen LogP contribution in [0.25, 0.3) is 22.2 Å². The number of carbonyl (C=O) groups excluding carboxylic acids is 1. The Bertz CT molecular complexity index is 1090. The summed E-state index contributed by atoms with van der Waals surface area (Å²) in [5, 5.41) is 9.31. The molecule has 0 radical (unpaired) electrons. The molecule has 0 saturated carbocycles. The number of halogens is 3. The summed E-state index contributed by atoms with van der Waals surface area (Å²) in [5.41, 5.74) is -0.0841. The van der Waals surface area contributed by atoms with Crippen molar-refractivity contribution in [2.45, 2.75) is 12.6 Å². The minimum atomic E-state index is -4.63. The number of amides is 1. The van der Waals surface area contributed by atoms with Crippen LogP contribution in [0, 0.1) is 5.92 Å². The summed E-state index contributed by atoms with van der Waals surface area (Å²) in [5.74, 6) is 0.502. The highest BCUT2D eigenvalue weighted by Gasteiger charge is 2.36. The van der Waals surface area contributed by atoms with E-state index in [-0.39, 0.29) is 17.2 Å². The monoisotopic (exact) mass is 434 g/mol. The van der Waals surface area contributed by atoms with E-state index in [2.05, 4.69) is 35.6 Å². The Kier molecular flexibility index (Phi) is 5.68. The SMILES string of the molecule is COC(=O)Nc1cccc2c(-c3nc(NC[C@@H]4CCNC4)ncc3C(F)(F)F)c[nH]c12. The molecule has 1 aromatic carbocycles. The highest BCUT2D eigenvalue weighted by atomic mass is 19.4. The van der Waals surface area contributed by atoms with E-state index < -0.39 is 17.8 Å². The molecule has 0 unspecified atom stereocenters. The Morgan fingerprint density at radius 3 is 2.90 bits per heavy atom. The lowest BCUT2D eigenvalue weighted by Crippen LogP contribution is -2.19. The first kappa shape index (κ1) is 20.9. The largest absolute Gasteiger partial charge is 0.453 e. The van der Waals surface area contributed by atoms with Crippen LogP contribution in [0.1, 0.15) is 12.0 Å². The standard InChI is InChI=1S/C20H21F3N6O2/c1-31-19(30)28-15-4-2-3-12-13(9-25-17(12)15)16-14(20(21,22)23)10-27-18(29-16)26-8-11-5-6-24-7-11/h2-4,9-11,24-25H,5-8H2,1H3,(H,28,30)(H,26,27,29)/t11-/m1/s1. The Morgan fingerprint density at radius 2 is 2.19 bits per heavy atom. The van der Waals surface area contributed by atoms with Crippen molar-refractivity contribution in [2.24, 2.45) is 5.92 Å². The summed E-state index contributed by atoms with van der Waals surface area (Å²) in [6.07, 6.45) is -2.09.